The first-order valence-electron chi connectivity index (χ1n) is 9.24. The van der Waals surface area contributed by atoms with Crippen LogP contribution >= 0.6 is 0 Å². The van der Waals surface area contributed by atoms with Crippen molar-refractivity contribution in [2.45, 2.75) is 6.54 Å². The van der Waals surface area contributed by atoms with Crippen LogP contribution in [0.25, 0.3) is 22.0 Å². The zero-order valence-corrected chi connectivity index (χ0v) is 16.1. The highest BCUT2D eigenvalue weighted by Gasteiger charge is 2.18. The number of ether oxygens (including phenoxy) is 1. The number of piperazine rings is 1. The van der Waals surface area contributed by atoms with Gasteiger partial charge in [0.15, 0.2) is 0 Å². The average Bonchev–Trinajstić information content (AvgIpc) is 3.17. The molecular weight excluding hydrogens is 354 g/mol. The quantitative estimate of drug-likeness (QED) is 0.747. The molecule has 1 aromatic carbocycles. The fourth-order valence-electron chi connectivity index (χ4n) is 3.55. The van der Waals surface area contributed by atoms with E-state index in [4.69, 9.17) is 20.1 Å². The molecule has 3 aromatic rings. The Morgan fingerprint density at radius 2 is 2.04 bits per heavy atom. The van der Waals surface area contributed by atoms with Crippen LogP contribution in [0.2, 0.25) is 0 Å². The van der Waals surface area contributed by atoms with Gasteiger partial charge in [0.2, 0.25) is 0 Å². The number of anilines is 1. The number of fused-ring (bicyclic) bond motifs is 1. The van der Waals surface area contributed by atoms with E-state index in [0.717, 1.165) is 49.6 Å². The lowest BCUT2D eigenvalue weighted by Crippen LogP contribution is -2.43. The minimum absolute atomic E-state index is 0.361. The lowest BCUT2D eigenvalue weighted by atomic mass is 10.0. The van der Waals surface area contributed by atoms with Crippen LogP contribution < -0.4 is 10.5 Å². The van der Waals surface area contributed by atoms with Crippen LogP contribution in [0, 0.1) is 11.3 Å². The number of methoxy groups -OCH3 is 1. The van der Waals surface area contributed by atoms with Crippen LogP contribution in [0.3, 0.4) is 0 Å². The molecule has 3 heterocycles. The first-order valence-corrected chi connectivity index (χ1v) is 9.24. The van der Waals surface area contributed by atoms with Gasteiger partial charge in [-0.3, -0.25) is 9.88 Å². The zero-order chi connectivity index (χ0) is 19.7. The number of aromatic nitrogens is 1. The number of nitriles is 1. The number of benzene rings is 1. The predicted molar refractivity (Wildman–Crippen MR) is 108 cm³/mol. The normalized spacial score (nSPS) is 15.6. The molecule has 4 rings (SSSR count). The van der Waals surface area contributed by atoms with Gasteiger partial charge in [0.25, 0.3) is 0 Å². The summed E-state index contributed by atoms with van der Waals surface area (Å²) in [7, 11) is 3.77. The lowest BCUT2D eigenvalue weighted by Gasteiger charge is -2.31. The lowest BCUT2D eigenvalue weighted by molar-refractivity contribution is 0.140. The molecule has 1 aliphatic rings. The van der Waals surface area contributed by atoms with Crippen molar-refractivity contribution in [3.8, 4) is 22.9 Å². The summed E-state index contributed by atoms with van der Waals surface area (Å²) in [6.07, 6.45) is 3.25. The molecule has 1 aliphatic heterocycles. The van der Waals surface area contributed by atoms with Gasteiger partial charge in [-0.1, -0.05) is 0 Å². The van der Waals surface area contributed by atoms with Gasteiger partial charge in [0.05, 0.1) is 36.7 Å². The van der Waals surface area contributed by atoms with Crippen molar-refractivity contribution in [1.29, 1.82) is 5.26 Å². The van der Waals surface area contributed by atoms with E-state index in [2.05, 4.69) is 34.0 Å². The first kappa shape index (κ1) is 18.3. The summed E-state index contributed by atoms with van der Waals surface area (Å²) < 4.78 is 11.4. The van der Waals surface area contributed by atoms with Crippen LogP contribution in [0.1, 0.15) is 11.3 Å². The Morgan fingerprint density at radius 3 is 2.75 bits per heavy atom. The van der Waals surface area contributed by atoms with E-state index in [1.165, 1.54) is 6.20 Å². The highest BCUT2D eigenvalue weighted by atomic mass is 16.5. The van der Waals surface area contributed by atoms with Crippen molar-refractivity contribution in [2.24, 2.45) is 0 Å². The summed E-state index contributed by atoms with van der Waals surface area (Å²) >= 11 is 0. The first-order chi connectivity index (χ1) is 13.6. The number of likely N-dealkylation sites (N-methyl/N-ethyl adjacent to an activating group) is 1. The third kappa shape index (κ3) is 3.40. The van der Waals surface area contributed by atoms with E-state index in [9.17, 15) is 0 Å². The minimum atomic E-state index is 0.361. The zero-order valence-electron chi connectivity index (χ0n) is 16.1. The van der Waals surface area contributed by atoms with E-state index in [1.54, 1.807) is 13.4 Å². The molecule has 7 nitrogen and oxygen atoms in total. The molecule has 0 bridgehead atoms. The summed E-state index contributed by atoms with van der Waals surface area (Å²) in [6, 6.07) is 7.88. The Balaban J connectivity index is 1.65. The largest absolute Gasteiger partial charge is 0.496 e. The maximum Gasteiger partial charge on any atom is 0.127 e. The van der Waals surface area contributed by atoms with E-state index in [-0.39, 0.29) is 0 Å². The van der Waals surface area contributed by atoms with Gasteiger partial charge in [-0.15, -0.1) is 0 Å². The second kappa shape index (κ2) is 7.50. The van der Waals surface area contributed by atoms with Crippen molar-refractivity contribution in [1.82, 2.24) is 14.8 Å². The predicted octanol–water partition coefficient (Wildman–Crippen LogP) is 2.70. The third-order valence-electron chi connectivity index (χ3n) is 5.29. The van der Waals surface area contributed by atoms with Crippen LogP contribution in [0.5, 0.6) is 5.75 Å². The highest BCUT2D eigenvalue weighted by molar-refractivity contribution is 5.97. The number of nitrogens with zero attached hydrogens (tertiary/aromatic N) is 4. The van der Waals surface area contributed by atoms with Crippen molar-refractivity contribution < 1.29 is 9.15 Å². The molecule has 1 saturated heterocycles. The summed E-state index contributed by atoms with van der Waals surface area (Å²) in [5.74, 6) is 1.59. The molecule has 0 aliphatic carbocycles. The number of hydrogen-bond acceptors (Lipinski definition) is 7. The summed E-state index contributed by atoms with van der Waals surface area (Å²) in [6.45, 7) is 5.01. The number of hydrogen-bond donors (Lipinski definition) is 1. The average molecular weight is 377 g/mol. The highest BCUT2D eigenvalue weighted by Crippen LogP contribution is 2.37. The monoisotopic (exact) mass is 377 g/mol. The molecule has 28 heavy (non-hydrogen) atoms. The second-order valence-electron chi connectivity index (χ2n) is 7.15. The van der Waals surface area contributed by atoms with Gasteiger partial charge in [-0.2, -0.15) is 5.26 Å². The van der Waals surface area contributed by atoms with Crippen LogP contribution in [-0.4, -0.2) is 55.1 Å². The topological polar surface area (TPSA) is 91.5 Å². The smallest absolute Gasteiger partial charge is 0.127 e. The molecule has 0 atom stereocenters. The molecule has 1 fully saturated rings. The van der Waals surface area contributed by atoms with Crippen molar-refractivity contribution in [2.75, 3.05) is 46.1 Å². The van der Waals surface area contributed by atoms with E-state index >= 15 is 0 Å². The van der Waals surface area contributed by atoms with Gasteiger partial charge in [-0.25, -0.2) is 0 Å². The Morgan fingerprint density at radius 1 is 1.25 bits per heavy atom. The van der Waals surface area contributed by atoms with Crippen molar-refractivity contribution in [3.05, 3.63) is 42.0 Å². The Bertz CT molecular complexity index is 1040. The number of nitrogens with two attached hydrogens (primary N) is 1. The number of pyridine rings is 1. The Hall–Kier alpha value is -3.08. The van der Waals surface area contributed by atoms with Gasteiger partial charge >= 0.3 is 0 Å². The maximum absolute atomic E-state index is 9.17. The molecule has 0 saturated carbocycles. The van der Waals surface area contributed by atoms with E-state index in [1.807, 2.05) is 12.1 Å². The third-order valence-corrected chi connectivity index (χ3v) is 5.29. The molecule has 2 N–H and O–H groups in total. The number of nitrogen functional groups attached to an aromatic ring is 1. The SMILES string of the molecule is COc1cc2c(N)c(C#N)cnc2cc1-c1coc(CN2CCN(C)CC2)c1. The molecule has 0 amide bonds. The molecule has 0 unspecified atom stereocenters. The van der Waals surface area contributed by atoms with Gasteiger partial charge in [-0.05, 0) is 25.2 Å². The second-order valence-corrected chi connectivity index (χ2v) is 7.15. The number of rotatable bonds is 4. The molecule has 0 spiro atoms. The van der Waals surface area contributed by atoms with Gasteiger partial charge in [0.1, 0.15) is 17.6 Å². The van der Waals surface area contributed by atoms with Crippen molar-refractivity contribution >= 4 is 16.6 Å². The standard InChI is InChI=1S/C21H23N5O2/c1-25-3-5-26(6-4-25)12-16-7-14(13-28-16)17-8-19-18(9-20(17)27-2)21(23)15(10-22)11-24-19/h7-9,11,13H,3-6,12H2,1-2H3,(H2,23,24). The fourth-order valence-corrected chi connectivity index (χ4v) is 3.55. The van der Waals surface area contributed by atoms with E-state index in [0.29, 0.717) is 27.9 Å². The molecule has 2 aromatic heterocycles. The molecular formula is C21H23N5O2. The van der Waals surface area contributed by atoms with Gasteiger partial charge in [0, 0.05) is 48.9 Å². The summed E-state index contributed by atoms with van der Waals surface area (Å²) in [4.78, 5) is 9.11. The summed E-state index contributed by atoms with van der Waals surface area (Å²) in [5, 5.41) is 9.88. The van der Waals surface area contributed by atoms with E-state index < -0.39 is 0 Å². The van der Waals surface area contributed by atoms with Crippen LogP contribution in [-0.2, 0) is 6.54 Å². The molecule has 144 valence electrons. The summed E-state index contributed by atoms with van der Waals surface area (Å²) in [5.41, 5.74) is 9.44. The Kier molecular flexibility index (Phi) is 4.90. The van der Waals surface area contributed by atoms with Gasteiger partial charge < -0.3 is 19.8 Å². The maximum atomic E-state index is 9.17. The Labute approximate surface area is 163 Å². The van der Waals surface area contributed by atoms with Crippen molar-refractivity contribution in [3.63, 3.8) is 0 Å². The number of furan rings is 1. The fraction of sp³-hybridized carbons (Fsp3) is 0.333. The minimum Gasteiger partial charge on any atom is -0.496 e. The van der Waals surface area contributed by atoms with Crippen LogP contribution in [0.4, 0.5) is 5.69 Å². The molecule has 0 radical (unpaired) electrons. The van der Waals surface area contributed by atoms with Crippen LogP contribution in [0.15, 0.2) is 35.1 Å². The molecule has 7 heteroatoms.